The number of nitrogen functional groups attached to an aromatic ring is 1. The minimum atomic E-state index is -1.03. The monoisotopic (exact) mass is 222 g/mol. The topological polar surface area (TPSA) is 86.8 Å². The first-order valence-electron chi connectivity index (χ1n) is 5.14. The number of aliphatic hydroxyl groups excluding tert-OH is 1. The minimum Gasteiger partial charge on any atom is -0.478 e. The Morgan fingerprint density at radius 3 is 2.81 bits per heavy atom. The molecule has 86 valence electrons. The minimum absolute atomic E-state index is 0.110. The molecule has 1 aliphatic rings. The zero-order valence-corrected chi connectivity index (χ0v) is 8.76. The molecule has 1 unspecified atom stereocenters. The predicted molar refractivity (Wildman–Crippen MR) is 60.7 cm³/mol. The first-order valence-corrected chi connectivity index (χ1v) is 5.14. The lowest BCUT2D eigenvalue weighted by atomic mass is 10.1. The Balaban J connectivity index is 2.29. The van der Waals surface area contributed by atoms with Crippen molar-refractivity contribution in [1.29, 1.82) is 0 Å². The molecular formula is C11H14N2O3. The average Bonchev–Trinajstić information content (AvgIpc) is 2.65. The maximum absolute atomic E-state index is 10.9. The molecule has 1 fully saturated rings. The first-order chi connectivity index (χ1) is 7.58. The van der Waals surface area contributed by atoms with Gasteiger partial charge in [0, 0.05) is 24.5 Å². The van der Waals surface area contributed by atoms with Gasteiger partial charge in [-0.2, -0.15) is 0 Å². The van der Waals surface area contributed by atoms with Gasteiger partial charge in [-0.3, -0.25) is 0 Å². The number of aliphatic hydroxyl groups is 1. The molecule has 1 saturated heterocycles. The van der Waals surface area contributed by atoms with E-state index in [4.69, 9.17) is 10.8 Å². The summed E-state index contributed by atoms with van der Waals surface area (Å²) < 4.78 is 0. The molecule has 0 saturated carbocycles. The molecule has 4 N–H and O–H groups in total. The van der Waals surface area contributed by atoms with Gasteiger partial charge in [0.2, 0.25) is 0 Å². The second-order valence-electron chi connectivity index (χ2n) is 3.97. The van der Waals surface area contributed by atoms with Crippen molar-refractivity contribution >= 4 is 17.3 Å². The third-order valence-corrected chi connectivity index (χ3v) is 2.80. The Bertz CT molecular complexity index is 420. The Labute approximate surface area is 93.1 Å². The van der Waals surface area contributed by atoms with Gasteiger partial charge in [-0.15, -0.1) is 0 Å². The fourth-order valence-corrected chi connectivity index (χ4v) is 1.90. The molecule has 0 bridgehead atoms. The van der Waals surface area contributed by atoms with E-state index in [0.29, 0.717) is 13.0 Å². The van der Waals surface area contributed by atoms with E-state index >= 15 is 0 Å². The number of nitrogens with zero attached hydrogens (tertiary/aromatic N) is 1. The normalized spacial score (nSPS) is 20.1. The molecule has 5 nitrogen and oxygen atoms in total. The van der Waals surface area contributed by atoms with Gasteiger partial charge in [-0.25, -0.2) is 4.79 Å². The number of rotatable bonds is 2. The van der Waals surface area contributed by atoms with Crippen LogP contribution in [0.2, 0.25) is 0 Å². The van der Waals surface area contributed by atoms with Gasteiger partial charge in [0.1, 0.15) is 0 Å². The molecule has 1 atom stereocenters. The van der Waals surface area contributed by atoms with E-state index in [2.05, 4.69) is 0 Å². The highest BCUT2D eigenvalue weighted by atomic mass is 16.4. The second-order valence-corrected chi connectivity index (χ2v) is 3.97. The van der Waals surface area contributed by atoms with Crippen molar-refractivity contribution in [3.63, 3.8) is 0 Å². The summed E-state index contributed by atoms with van der Waals surface area (Å²) in [5, 5.41) is 18.3. The van der Waals surface area contributed by atoms with Gasteiger partial charge in [0.05, 0.1) is 11.7 Å². The molecule has 2 rings (SSSR count). The number of anilines is 2. The van der Waals surface area contributed by atoms with Crippen LogP contribution in [-0.4, -0.2) is 35.4 Å². The van der Waals surface area contributed by atoms with E-state index in [1.54, 1.807) is 18.2 Å². The first kappa shape index (κ1) is 10.8. The van der Waals surface area contributed by atoms with Crippen molar-refractivity contribution in [1.82, 2.24) is 0 Å². The maximum atomic E-state index is 10.9. The lowest BCUT2D eigenvalue weighted by Crippen LogP contribution is -2.21. The number of carboxylic acids is 1. The zero-order chi connectivity index (χ0) is 11.7. The number of hydrogen-bond donors (Lipinski definition) is 3. The van der Waals surface area contributed by atoms with Crippen molar-refractivity contribution in [2.24, 2.45) is 0 Å². The summed E-state index contributed by atoms with van der Waals surface area (Å²) in [5.74, 6) is -1.03. The van der Waals surface area contributed by atoms with Gasteiger partial charge in [-0.1, -0.05) is 0 Å². The molecule has 1 aromatic rings. The van der Waals surface area contributed by atoms with Crippen LogP contribution in [0.1, 0.15) is 16.8 Å². The van der Waals surface area contributed by atoms with Crippen LogP contribution in [0.3, 0.4) is 0 Å². The average molecular weight is 222 g/mol. The number of aromatic carboxylic acids is 1. The molecular weight excluding hydrogens is 208 g/mol. The van der Waals surface area contributed by atoms with Crippen LogP contribution in [-0.2, 0) is 0 Å². The number of β-amino-alcohol motifs (C(OH)–C–C–N with tert-alkyl or cyclic N) is 1. The molecule has 1 aliphatic heterocycles. The SMILES string of the molecule is Nc1ccc(N2CCC(O)C2)cc1C(=O)O. The molecule has 0 radical (unpaired) electrons. The predicted octanol–water partition coefficient (Wildman–Crippen LogP) is 0.538. The van der Waals surface area contributed by atoms with Gasteiger partial charge >= 0.3 is 5.97 Å². The molecule has 5 heteroatoms. The highest BCUT2D eigenvalue weighted by Gasteiger charge is 2.21. The molecule has 0 spiro atoms. The Hall–Kier alpha value is -1.75. The highest BCUT2D eigenvalue weighted by molar-refractivity contribution is 5.94. The zero-order valence-electron chi connectivity index (χ0n) is 8.76. The van der Waals surface area contributed by atoms with E-state index in [0.717, 1.165) is 12.2 Å². The summed E-state index contributed by atoms with van der Waals surface area (Å²) in [6, 6.07) is 4.92. The number of carboxylic acid groups (broad SMARTS) is 1. The summed E-state index contributed by atoms with van der Waals surface area (Å²) in [6.07, 6.45) is 0.387. The Morgan fingerprint density at radius 2 is 2.25 bits per heavy atom. The number of nitrogens with two attached hydrogens (primary N) is 1. The second kappa shape index (κ2) is 4.02. The largest absolute Gasteiger partial charge is 0.478 e. The summed E-state index contributed by atoms with van der Waals surface area (Å²) in [5.41, 5.74) is 6.73. The molecule has 0 aliphatic carbocycles. The van der Waals surface area contributed by atoms with E-state index < -0.39 is 5.97 Å². The molecule has 0 amide bonds. The van der Waals surface area contributed by atoms with Crippen molar-refractivity contribution in [2.45, 2.75) is 12.5 Å². The van der Waals surface area contributed by atoms with Crippen LogP contribution < -0.4 is 10.6 Å². The molecule has 1 heterocycles. The van der Waals surface area contributed by atoms with Crippen LogP contribution in [0.4, 0.5) is 11.4 Å². The van der Waals surface area contributed by atoms with Gasteiger partial charge in [-0.05, 0) is 24.6 Å². The maximum Gasteiger partial charge on any atom is 0.337 e. The van der Waals surface area contributed by atoms with Crippen LogP contribution in [0.5, 0.6) is 0 Å². The summed E-state index contributed by atoms with van der Waals surface area (Å²) in [4.78, 5) is 12.9. The standard InChI is InChI=1S/C11H14N2O3/c12-10-2-1-7(5-9(10)11(15)16)13-4-3-8(14)6-13/h1-2,5,8,14H,3-4,6,12H2,(H,15,16). The number of benzene rings is 1. The summed E-state index contributed by atoms with van der Waals surface area (Å²) >= 11 is 0. The fraction of sp³-hybridized carbons (Fsp3) is 0.364. The highest BCUT2D eigenvalue weighted by Crippen LogP contribution is 2.24. The van der Waals surface area contributed by atoms with Crippen molar-refractivity contribution < 1.29 is 15.0 Å². The quantitative estimate of drug-likeness (QED) is 0.636. The van der Waals surface area contributed by atoms with Crippen molar-refractivity contribution in [2.75, 3.05) is 23.7 Å². The Kier molecular flexibility index (Phi) is 2.70. The van der Waals surface area contributed by atoms with E-state index in [9.17, 15) is 9.90 Å². The van der Waals surface area contributed by atoms with Crippen LogP contribution >= 0.6 is 0 Å². The number of carbonyl (C=O) groups is 1. The molecule has 1 aromatic carbocycles. The van der Waals surface area contributed by atoms with Gasteiger partial charge in [0.25, 0.3) is 0 Å². The summed E-state index contributed by atoms with van der Waals surface area (Å²) in [7, 11) is 0. The smallest absolute Gasteiger partial charge is 0.337 e. The van der Waals surface area contributed by atoms with Crippen molar-refractivity contribution in [3.05, 3.63) is 23.8 Å². The van der Waals surface area contributed by atoms with Crippen LogP contribution in [0.15, 0.2) is 18.2 Å². The van der Waals surface area contributed by atoms with Gasteiger partial charge in [0.15, 0.2) is 0 Å². The molecule has 0 aromatic heterocycles. The third-order valence-electron chi connectivity index (χ3n) is 2.80. The Morgan fingerprint density at radius 1 is 1.50 bits per heavy atom. The van der Waals surface area contributed by atoms with E-state index in [1.165, 1.54) is 0 Å². The van der Waals surface area contributed by atoms with Crippen molar-refractivity contribution in [3.8, 4) is 0 Å². The lowest BCUT2D eigenvalue weighted by molar-refractivity contribution is 0.0698. The fourth-order valence-electron chi connectivity index (χ4n) is 1.90. The van der Waals surface area contributed by atoms with Crippen LogP contribution in [0, 0.1) is 0 Å². The van der Waals surface area contributed by atoms with E-state index in [-0.39, 0.29) is 17.4 Å². The van der Waals surface area contributed by atoms with Gasteiger partial charge < -0.3 is 20.8 Å². The van der Waals surface area contributed by atoms with E-state index in [1.807, 2.05) is 4.90 Å². The molecule has 16 heavy (non-hydrogen) atoms. The van der Waals surface area contributed by atoms with Crippen LogP contribution in [0.25, 0.3) is 0 Å². The summed E-state index contributed by atoms with van der Waals surface area (Å²) in [6.45, 7) is 1.28. The third kappa shape index (κ3) is 1.94. The lowest BCUT2D eigenvalue weighted by Gasteiger charge is -2.18. The number of hydrogen-bond acceptors (Lipinski definition) is 4.